The van der Waals surface area contributed by atoms with Crippen LogP contribution in [0.15, 0.2) is 24.3 Å². The Hall–Kier alpha value is -1.36. The Balaban J connectivity index is 2.94. The van der Waals surface area contributed by atoms with Crippen LogP contribution in [-0.2, 0) is 15.7 Å². The van der Waals surface area contributed by atoms with Crippen LogP contribution in [0.4, 0.5) is 13.2 Å². The lowest BCUT2D eigenvalue weighted by atomic mass is 10.1. The molecule has 0 N–H and O–H groups in total. The summed E-state index contributed by atoms with van der Waals surface area (Å²) in [6, 6.07) is 4.30. The standard InChI is InChI=1S/C10H9F3O2/c1-15-9(6-14)7-2-4-8(5-3-7)10(11,12)13/h2-6,9H,1H3. The molecule has 1 rings (SSSR count). The number of aldehydes is 1. The molecule has 0 saturated carbocycles. The Kier molecular flexibility index (Phi) is 3.47. The summed E-state index contributed by atoms with van der Waals surface area (Å²) in [5.74, 6) is 0. The number of alkyl halides is 3. The van der Waals surface area contributed by atoms with E-state index in [0.717, 1.165) is 12.1 Å². The smallest absolute Gasteiger partial charge is 0.369 e. The van der Waals surface area contributed by atoms with Crippen molar-refractivity contribution in [1.82, 2.24) is 0 Å². The molecule has 0 aliphatic carbocycles. The molecule has 0 amide bonds. The Labute approximate surface area is 84.7 Å². The fraction of sp³-hybridized carbons (Fsp3) is 0.300. The molecule has 5 heteroatoms. The highest BCUT2D eigenvalue weighted by Crippen LogP contribution is 2.29. The number of methoxy groups -OCH3 is 1. The van der Waals surface area contributed by atoms with Crippen molar-refractivity contribution in [3.63, 3.8) is 0 Å². The number of ether oxygens (including phenoxy) is 1. The van der Waals surface area contributed by atoms with Gasteiger partial charge in [0.05, 0.1) is 5.56 Å². The largest absolute Gasteiger partial charge is 0.416 e. The van der Waals surface area contributed by atoms with Gasteiger partial charge in [0.15, 0.2) is 6.29 Å². The van der Waals surface area contributed by atoms with Crippen molar-refractivity contribution in [1.29, 1.82) is 0 Å². The molecule has 1 aromatic rings. The highest BCUT2D eigenvalue weighted by molar-refractivity contribution is 5.59. The van der Waals surface area contributed by atoms with Gasteiger partial charge in [-0.05, 0) is 17.7 Å². The zero-order chi connectivity index (χ0) is 11.5. The van der Waals surface area contributed by atoms with Gasteiger partial charge in [-0.1, -0.05) is 12.1 Å². The number of rotatable bonds is 3. The summed E-state index contributed by atoms with van der Waals surface area (Å²) in [4.78, 5) is 10.5. The van der Waals surface area contributed by atoms with Crippen molar-refractivity contribution in [3.8, 4) is 0 Å². The third kappa shape index (κ3) is 2.79. The lowest BCUT2D eigenvalue weighted by Crippen LogP contribution is -2.06. The molecule has 1 atom stereocenters. The Morgan fingerprint density at radius 3 is 2.13 bits per heavy atom. The quantitative estimate of drug-likeness (QED) is 0.729. The number of carbonyl (C=O) groups is 1. The second-order valence-electron chi connectivity index (χ2n) is 2.91. The third-order valence-corrected chi connectivity index (χ3v) is 1.94. The second kappa shape index (κ2) is 4.44. The summed E-state index contributed by atoms with van der Waals surface area (Å²) in [6.07, 6.45) is -4.64. The molecular weight excluding hydrogens is 209 g/mol. The highest BCUT2D eigenvalue weighted by atomic mass is 19.4. The van der Waals surface area contributed by atoms with Crippen LogP contribution in [0, 0.1) is 0 Å². The summed E-state index contributed by atoms with van der Waals surface area (Å²) in [5.41, 5.74) is -0.340. The maximum atomic E-state index is 12.2. The van der Waals surface area contributed by atoms with Gasteiger partial charge in [-0.2, -0.15) is 13.2 Å². The van der Waals surface area contributed by atoms with Crippen LogP contribution in [0.3, 0.4) is 0 Å². The van der Waals surface area contributed by atoms with E-state index in [1.807, 2.05) is 0 Å². The number of benzene rings is 1. The average Bonchev–Trinajstić information content (AvgIpc) is 2.19. The first-order valence-corrected chi connectivity index (χ1v) is 4.14. The van der Waals surface area contributed by atoms with Crippen molar-refractivity contribution in [2.75, 3.05) is 7.11 Å². The minimum absolute atomic E-state index is 0.403. The van der Waals surface area contributed by atoms with Crippen LogP contribution in [0.1, 0.15) is 17.2 Å². The summed E-state index contributed by atoms with van der Waals surface area (Å²) in [5, 5.41) is 0. The number of hydrogen-bond acceptors (Lipinski definition) is 2. The molecule has 0 aliphatic rings. The van der Waals surface area contributed by atoms with Crippen LogP contribution in [0.25, 0.3) is 0 Å². The molecule has 82 valence electrons. The summed E-state index contributed by atoms with van der Waals surface area (Å²) < 4.78 is 41.3. The van der Waals surface area contributed by atoms with Crippen molar-refractivity contribution in [2.45, 2.75) is 12.3 Å². The maximum absolute atomic E-state index is 12.2. The topological polar surface area (TPSA) is 26.3 Å². The van der Waals surface area contributed by atoms with Gasteiger partial charge >= 0.3 is 6.18 Å². The first-order valence-electron chi connectivity index (χ1n) is 4.14. The third-order valence-electron chi connectivity index (χ3n) is 1.94. The van der Waals surface area contributed by atoms with Crippen LogP contribution < -0.4 is 0 Å². The molecule has 0 fully saturated rings. The molecule has 0 aliphatic heterocycles. The summed E-state index contributed by atoms with van der Waals surface area (Å²) in [6.45, 7) is 0. The van der Waals surface area contributed by atoms with Gasteiger partial charge < -0.3 is 9.53 Å². The summed E-state index contributed by atoms with van der Waals surface area (Å²) in [7, 11) is 1.32. The molecule has 1 aromatic carbocycles. The zero-order valence-corrected chi connectivity index (χ0v) is 7.91. The fourth-order valence-corrected chi connectivity index (χ4v) is 1.13. The second-order valence-corrected chi connectivity index (χ2v) is 2.91. The lowest BCUT2D eigenvalue weighted by molar-refractivity contribution is -0.137. The minimum atomic E-state index is -4.36. The molecule has 2 nitrogen and oxygen atoms in total. The maximum Gasteiger partial charge on any atom is 0.416 e. The molecule has 0 bridgehead atoms. The minimum Gasteiger partial charge on any atom is -0.369 e. The normalized spacial score (nSPS) is 13.6. The van der Waals surface area contributed by atoms with Crippen molar-refractivity contribution in [2.24, 2.45) is 0 Å². The molecule has 1 unspecified atom stereocenters. The monoisotopic (exact) mass is 218 g/mol. The van der Waals surface area contributed by atoms with E-state index in [0.29, 0.717) is 11.8 Å². The van der Waals surface area contributed by atoms with E-state index in [4.69, 9.17) is 4.74 Å². The SMILES string of the molecule is COC(C=O)c1ccc(C(F)(F)F)cc1. The Morgan fingerprint density at radius 1 is 1.27 bits per heavy atom. The van der Waals surface area contributed by atoms with Crippen LogP contribution >= 0.6 is 0 Å². The van der Waals surface area contributed by atoms with Gasteiger partial charge in [0.25, 0.3) is 0 Å². The molecule has 0 heterocycles. The van der Waals surface area contributed by atoms with E-state index in [2.05, 4.69) is 0 Å². The van der Waals surface area contributed by atoms with Gasteiger partial charge in [-0.25, -0.2) is 0 Å². The van der Waals surface area contributed by atoms with E-state index in [1.165, 1.54) is 19.2 Å². The average molecular weight is 218 g/mol. The number of carbonyl (C=O) groups excluding carboxylic acids is 1. The van der Waals surface area contributed by atoms with Crippen LogP contribution in [0.5, 0.6) is 0 Å². The zero-order valence-electron chi connectivity index (χ0n) is 7.91. The fourth-order valence-electron chi connectivity index (χ4n) is 1.13. The molecule has 0 saturated heterocycles. The van der Waals surface area contributed by atoms with E-state index in [-0.39, 0.29) is 0 Å². The van der Waals surface area contributed by atoms with Crippen LogP contribution in [0.2, 0.25) is 0 Å². The van der Waals surface area contributed by atoms with E-state index >= 15 is 0 Å². The first-order chi connectivity index (χ1) is 6.99. The van der Waals surface area contributed by atoms with Gasteiger partial charge in [-0.3, -0.25) is 0 Å². The van der Waals surface area contributed by atoms with Crippen molar-refractivity contribution < 1.29 is 22.7 Å². The van der Waals surface area contributed by atoms with Crippen LogP contribution in [-0.4, -0.2) is 13.4 Å². The van der Waals surface area contributed by atoms with E-state index < -0.39 is 17.8 Å². The van der Waals surface area contributed by atoms with E-state index in [9.17, 15) is 18.0 Å². The highest BCUT2D eigenvalue weighted by Gasteiger charge is 2.30. The Morgan fingerprint density at radius 2 is 1.80 bits per heavy atom. The van der Waals surface area contributed by atoms with Gasteiger partial charge in [0.1, 0.15) is 6.10 Å². The molecular formula is C10H9F3O2. The van der Waals surface area contributed by atoms with Gasteiger partial charge in [0, 0.05) is 7.11 Å². The predicted molar refractivity (Wildman–Crippen MR) is 47.3 cm³/mol. The predicted octanol–water partition coefficient (Wildman–Crippen LogP) is 2.59. The van der Waals surface area contributed by atoms with E-state index in [1.54, 1.807) is 0 Å². The van der Waals surface area contributed by atoms with Crippen molar-refractivity contribution >= 4 is 6.29 Å². The summed E-state index contributed by atoms with van der Waals surface area (Å²) >= 11 is 0. The molecule has 15 heavy (non-hydrogen) atoms. The van der Waals surface area contributed by atoms with Crippen molar-refractivity contribution in [3.05, 3.63) is 35.4 Å². The molecule has 0 radical (unpaired) electrons. The van der Waals surface area contributed by atoms with Gasteiger partial charge in [-0.15, -0.1) is 0 Å². The molecule has 0 spiro atoms. The number of halogens is 3. The lowest BCUT2D eigenvalue weighted by Gasteiger charge is -2.10. The molecule has 0 aromatic heterocycles. The van der Waals surface area contributed by atoms with Gasteiger partial charge in [0.2, 0.25) is 0 Å². The Bertz CT molecular complexity index is 330. The first kappa shape index (κ1) is 11.7. The number of hydrogen-bond donors (Lipinski definition) is 0.